The highest BCUT2D eigenvalue weighted by Gasteiger charge is 2.10. The fourth-order valence-electron chi connectivity index (χ4n) is 3.38. The first-order chi connectivity index (χ1) is 16.4. The Kier molecular flexibility index (Phi) is 7.18. The fraction of sp³-hybridized carbons (Fsp3) is 0.154. The van der Waals surface area contributed by atoms with Crippen molar-refractivity contribution in [2.45, 2.75) is 26.4 Å². The Bertz CT molecular complexity index is 1410. The number of aryl methyl sites for hydroxylation is 1. The summed E-state index contributed by atoms with van der Waals surface area (Å²) in [5, 5.41) is 13.9. The van der Waals surface area contributed by atoms with Crippen molar-refractivity contribution in [1.29, 1.82) is 0 Å². The van der Waals surface area contributed by atoms with Gasteiger partial charge < -0.3 is 9.84 Å². The number of halogens is 1. The van der Waals surface area contributed by atoms with Crippen molar-refractivity contribution in [1.82, 2.24) is 9.66 Å². The van der Waals surface area contributed by atoms with E-state index in [2.05, 4.69) is 26.0 Å². The van der Waals surface area contributed by atoms with Crippen molar-refractivity contribution in [2.75, 3.05) is 0 Å². The summed E-state index contributed by atoms with van der Waals surface area (Å²) in [6, 6.07) is 19.3. The number of aromatic carboxylic acids is 1. The molecule has 1 heterocycles. The van der Waals surface area contributed by atoms with Gasteiger partial charge in [-0.1, -0.05) is 35.0 Å². The minimum absolute atomic E-state index is 0.208. The van der Waals surface area contributed by atoms with Crippen LogP contribution in [0.1, 0.15) is 40.7 Å². The number of carboxylic acids is 1. The SMILES string of the molecule is CCCc1nc2ccc(Br)cc2c(=O)n1N=Cc1ccc(OCc2ccc(C(=O)O)cc2)cc1. The molecule has 0 bridgehead atoms. The van der Waals surface area contributed by atoms with Crippen LogP contribution in [0, 0.1) is 0 Å². The molecule has 8 heteroatoms. The molecule has 0 radical (unpaired) electrons. The molecule has 7 nitrogen and oxygen atoms in total. The number of hydrogen-bond donors (Lipinski definition) is 1. The molecule has 1 aromatic heterocycles. The lowest BCUT2D eigenvalue weighted by Gasteiger charge is -2.09. The zero-order chi connectivity index (χ0) is 24.1. The lowest BCUT2D eigenvalue weighted by Crippen LogP contribution is -2.22. The lowest BCUT2D eigenvalue weighted by molar-refractivity contribution is 0.0697. The van der Waals surface area contributed by atoms with E-state index in [0.717, 1.165) is 22.0 Å². The molecule has 0 aliphatic carbocycles. The van der Waals surface area contributed by atoms with Gasteiger partial charge in [0.1, 0.15) is 18.2 Å². The molecule has 0 spiro atoms. The zero-order valence-electron chi connectivity index (χ0n) is 18.4. The van der Waals surface area contributed by atoms with Gasteiger partial charge >= 0.3 is 5.97 Å². The zero-order valence-corrected chi connectivity index (χ0v) is 20.0. The Morgan fingerprint density at radius 3 is 2.53 bits per heavy atom. The number of benzene rings is 3. The van der Waals surface area contributed by atoms with E-state index >= 15 is 0 Å². The van der Waals surface area contributed by atoms with Crippen molar-refractivity contribution < 1.29 is 14.6 Å². The molecule has 4 aromatic rings. The molecule has 3 aromatic carbocycles. The fourth-order valence-corrected chi connectivity index (χ4v) is 3.75. The topological polar surface area (TPSA) is 93.8 Å². The van der Waals surface area contributed by atoms with Gasteiger partial charge in [0.25, 0.3) is 5.56 Å². The van der Waals surface area contributed by atoms with Crippen LogP contribution in [0.25, 0.3) is 10.9 Å². The number of aromatic nitrogens is 2. The molecule has 0 unspecified atom stereocenters. The second-order valence-electron chi connectivity index (χ2n) is 7.66. The highest BCUT2D eigenvalue weighted by Crippen LogP contribution is 2.17. The van der Waals surface area contributed by atoms with E-state index in [-0.39, 0.29) is 11.1 Å². The van der Waals surface area contributed by atoms with E-state index in [9.17, 15) is 9.59 Å². The molecule has 172 valence electrons. The number of hydrogen-bond acceptors (Lipinski definition) is 5. The monoisotopic (exact) mass is 519 g/mol. The average Bonchev–Trinajstić information content (AvgIpc) is 2.84. The molecule has 34 heavy (non-hydrogen) atoms. The lowest BCUT2D eigenvalue weighted by atomic mass is 10.1. The third-order valence-corrected chi connectivity index (χ3v) is 5.65. The molecule has 0 saturated carbocycles. The molecule has 0 amide bonds. The van der Waals surface area contributed by atoms with Gasteiger partial charge in [-0.25, -0.2) is 9.78 Å². The maximum atomic E-state index is 13.1. The van der Waals surface area contributed by atoms with Gasteiger partial charge in [-0.15, -0.1) is 0 Å². The molecular formula is C26H22BrN3O4. The summed E-state index contributed by atoms with van der Waals surface area (Å²) in [6.07, 6.45) is 3.11. The standard InChI is InChI=1S/C26H22BrN3O4/c1-2-3-24-29-23-13-10-20(27)14-22(23)25(31)30(24)28-15-17-6-11-21(12-7-17)34-16-18-4-8-19(9-5-18)26(32)33/h4-15H,2-3,16H2,1H3,(H,32,33). The van der Waals surface area contributed by atoms with Gasteiger partial charge in [0.2, 0.25) is 0 Å². The number of carboxylic acid groups (broad SMARTS) is 1. The van der Waals surface area contributed by atoms with Gasteiger partial charge in [-0.05, 0) is 72.1 Å². The minimum Gasteiger partial charge on any atom is -0.489 e. The summed E-state index contributed by atoms with van der Waals surface area (Å²) in [5.41, 5.74) is 2.36. The van der Waals surface area contributed by atoms with E-state index < -0.39 is 5.97 Å². The quantitative estimate of drug-likeness (QED) is 0.320. The number of rotatable bonds is 8. The third kappa shape index (κ3) is 5.40. The summed E-state index contributed by atoms with van der Waals surface area (Å²) in [5.74, 6) is 0.328. The first-order valence-corrected chi connectivity index (χ1v) is 11.5. The molecule has 1 N–H and O–H groups in total. The third-order valence-electron chi connectivity index (χ3n) is 5.16. The van der Waals surface area contributed by atoms with Crippen LogP contribution in [-0.4, -0.2) is 27.0 Å². The molecule has 0 aliphatic rings. The van der Waals surface area contributed by atoms with E-state index in [0.29, 0.717) is 35.5 Å². The molecule has 0 fully saturated rings. The summed E-state index contributed by atoms with van der Waals surface area (Å²) < 4.78 is 7.95. The van der Waals surface area contributed by atoms with Gasteiger partial charge in [0, 0.05) is 10.9 Å². The number of ether oxygens (including phenoxy) is 1. The highest BCUT2D eigenvalue weighted by atomic mass is 79.9. The number of nitrogens with zero attached hydrogens (tertiary/aromatic N) is 3. The van der Waals surface area contributed by atoms with Crippen molar-refractivity contribution >= 4 is 39.0 Å². The Balaban J connectivity index is 1.50. The summed E-state index contributed by atoms with van der Waals surface area (Å²) in [6.45, 7) is 2.35. The van der Waals surface area contributed by atoms with E-state index in [1.807, 2.05) is 43.3 Å². The van der Waals surface area contributed by atoms with Crippen LogP contribution >= 0.6 is 15.9 Å². The van der Waals surface area contributed by atoms with Crippen molar-refractivity contribution in [3.63, 3.8) is 0 Å². The predicted octanol–water partition coefficient (Wildman–Crippen LogP) is 5.27. The summed E-state index contributed by atoms with van der Waals surface area (Å²) in [4.78, 5) is 28.6. The Hall–Kier alpha value is -3.78. The van der Waals surface area contributed by atoms with Gasteiger partial charge in [0.05, 0.1) is 22.7 Å². The number of carbonyl (C=O) groups is 1. The summed E-state index contributed by atoms with van der Waals surface area (Å²) >= 11 is 3.41. The van der Waals surface area contributed by atoms with Crippen molar-refractivity contribution in [3.05, 3.63) is 104 Å². The van der Waals surface area contributed by atoms with Gasteiger partial charge in [-0.2, -0.15) is 9.78 Å². The molecule has 0 atom stereocenters. The average molecular weight is 520 g/mol. The number of fused-ring (bicyclic) bond motifs is 1. The molecular weight excluding hydrogens is 498 g/mol. The van der Waals surface area contributed by atoms with Crippen molar-refractivity contribution in [3.8, 4) is 5.75 Å². The normalized spacial score (nSPS) is 11.2. The van der Waals surface area contributed by atoms with Gasteiger partial charge in [0.15, 0.2) is 0 Å². The minimum atomic E-state index is -0.957. The Morgan fingerprint density at radius 2 is 1.85 bits per heavy atom. The smallest absolute Gasteiger partial charge is 0.335 e. The van der Waals surface area contributed by atoms with Gasteiger partial charge in [-0.3, -0.25) is 4.79 Å². The van der Waals surface area contributed by atoms with E-state index in [1.165, 1.54) is 4.68 Å². The van der Waals surface area contributed by atoms with Crippen LogP contribution in [0.2, 0.25) is 0 Å². The van der Waals surface area contributed by atoms with Crippen molar-refractivity contribution in [2.24, 2.45) is 5.10 Å². The van der Waals surface area contributed by atoms with Crippen LogP contribution < -0.4 is 10.3 Å². The second kappa shape index (κ2) is 10.4. The Morgan fingerprint density at radius 1 is 1.12 bits per heavy atom. The van der Waals surface area contributed by atoms with E-state index in [1.54, 1.807) is 36.5 Å². The highest BCUT2D eigenvalue weighted by molar-refractivity contribution is 9.10. The molecule has 4 rings (SSSR count). The van der Waals surface area contributed by atoms with Crippen LogP contribution in [0.4, 0.5) is 0 Å². The summed E-state index contributed by atoms with van der Waals surface area (Å²) in [7, 11) is 0. The largest absolute Gasteiger partial charge is 0.489 e. The van der Waals surface area contributed by atoms with Crippen LogP contribution in [0.5, 0.6) is 5.75 Å². The molecule has 0 aliphatic heterocycles. The van der Waals surface area contributed by atoms with E-state index in [4.69, 9.17) is 9.84 Å². The van der Waals surface area contributed by atoms with Crippen LogP contribution in [0.15, 0.2) is 81.1 Å². The maximum Gasteiger partial charge on any atom is 0.335 e. The first kappa shape index (κ1) is 23.4. The first-order valence-electron chi connectivity index (χ1n) is 10.7. The molecule has 0 saturated heterocycles. The second-order valence-corrected chi connectivity index (χ2v) is 8.58. The maximum absolute atomic E-state index is 13.1. The van der Waals surface area contributed by atoms with Crippen LogP contribution in [0.3, 0.4) is 0 Å². The van der Waals surface area contributed by atoms with Crippen LogP contribution in [-0.2, 0) is 13.0 Å². The predicted molar refractivity (Wildman–Crippen MR) is 135 cm³/mol. The Labute approximate surface area is 204 Å².